The number of carbonyl (C=O) groups excluding carboxylic acids is 1. The Kier molecular flexibility index (Phi) is 7.91. The normalized spacial score (nSPS) is 41.8. The van der Waals surface area contributed by atoms with Crippen molar-refractivity contribution in [1.82, 2.24) is 0 Å². The summed E-state index contributed by atoms with van der Waals surface area (Å²) in [6.07, 6.45) is 9.92. The Morgan fingerprint density at radius 1 is 0.957 bits per heavy atom. The molecule has 0 aliphatic heterocycles. The second kappa shape index (κ2) is 11.1. The van der Waals surface area contributed by atoms with E-state index in [-0.39, 0.29) is 62.4 Å². The molecule has 0 amide bonds. The molecule has 47 heavy (non-hydrogen) atoms. The van der Waals surface area contributed by atoms with Gasteiger partial charge in [-0.05, 0) is 116 Å². The first kappa shape index (κ1) is 33.5. The lowest BCUT2D eigenvalue weighted by Gasteiger charge is -2.72. The van der Waals surface area contributed by atoms with Crippen LogP contribution < -0.4 is 5.43 Å². The van der Waals surface area contributed by atoms with Crippen molar-refractivity contribution in [3.63, 3.8) is 0 Å². The molecule has 256 valence electrons. The molecule has 0 radical (unpaired) electrons. The summed E-state index contributed by atoms with van der Waals surface area (Å²) in [6, 6.07) is 3.56. The van der Waals surface area contributed by atoms with Crippen LogP contribution in [0.25, 0.3) is 0 Å². The zero-order chi connectivity index (χ0) is 34.3. The molecule has 5 fully saturated rings. The van der Waals surface area contributed by atoms with Crippen molar-refractivity contribution >= 4 is 35.0 Å². The molecule has 5 aliphatic rings. The number of carbonyl (C=O) groups is 2. The van der Waals surface area contributed by atoms with Gasteiger partial charge < -0.3 is 9.90 Å². The smallest absolute Gasteiger partial charge is 0.309 e. The summed E-state index contributed by atoms with van der Waals surface area (Å²) in [5, 5.41) is 38.3. The number of hydrogen-bond donors (Lipinski definition) is 2. The highest BCUT2D eigenvalue weighted by Crippen LogP contribution is 2.77. The summed E-state index contributed by atoms with van der Waals surface area (Å²) in [7, 11) is 0. The monoisotopic (exact) mass is 650 g/mol. The average Bonchev–Trinajstić information content (AvgIpc) is 3.41. The van der Waals surface area contributed by atoms with E-state index in [4.69, 9.17) is 5.10 Å². The molecule has 5 aliphatic carbocycles. The van der Waals surface area contributed by atoms with Gasteiger partial charge in [-0.3, -0.25) is 30.4 Å². The third-order valence-electron chi connectivity index (χ3n) is 15.3. The van der Waals surface area contributed by atoms with Crippen molar-refractivity contribution in [2.75, 3.05) is 5.43 Å². The maximum atomic E-state index is 13.0. The highest BCUT2D eigenvalue weighted by atomic mass is 16.6. The van der Waals surface area contributed by atoms with Crippen LogP contribution in [-0.2, 0) is 9.59 Å². The standard InChI is InChI=1S/C36H50N4O7/c1-21(20-41)23-11-16-36(31(42)43)18-17-34(5)24(30(23)36)8-10-28-33(4)14-13-29(32(2,3)27(33)12-15-35(28,34)6)38-37-25-9-7-22(39(44)45)19-26(25)40(46)47/h7,9,19-21,23-24,27-28,30,37H,8,10-18H2,1-6H3,(H,42,43)/b38-29+/t21-,23-,24+,27-,28+,30+,33-,34+,35+,36-/m0/s1. The first-order valence-corrected chi connectivity index (χ1v) is 17.4. The van der Waals surface area contributed by atoms with Gasteiger partial charge in [0.25, 0.3) is 5.69 Å². The summed E-state index contributed by atoms with van der Waals surface area (Å²) < 4.78 is 0. The number of hydrogen-bond acceptors (Lipinski definition) is 8. The maximum absolute atomic E-state index is 13.0. The number of rotatable bonds is 7. The number of nitro benzene ring substituents is 2. The summed E-state index contributed by atoms with van der Waals surface area (Å²) in [4.78, 5) is 46.7. The predicted molar refractivity (Wildman–Crippen MR) is 178 cm³/mol. The minimum absolute atomic E-state index is 0.0202. The number of aldehydes is 1. The lowest BCUT2D eigenvalue weighted by atomic mass is 9.32. The van der Waals surface area contributed by atoms with Crippen molar-refractivity contribution in [1.29, 1.82) is 0 Å². The van der Waals surface area contributed by atoms with Gasteiger partial charge in [0.15, 0.2) is 0 Å². The average molecular weight is 651 g/mol. The molecule has 1 aromatic rings. The first-order chi connectivity index (χ1) is 22.0. The first-order valence-electron chi connectivity index (χ1n) is 17.4. The van der Waals surface area contributed by atoms with Crippen molar-refractivity contribution in [3.8, 4) is 0 Å². The lowest BCUT2D eigenvalue weighted by Crippen LogP contribution is -2.66. The van der Waals surface area contributed by atoms with Gasteiger partial charge in [-0.2, -0.15) is 5.10 Å². The summed E-state index contributed by atoms with van der Waals surface area (Å²) in [6.45, 7) is 13.9. The Labute approximate surface area is 276 Å². The van der Waals surface area contributed by atoms with Crippen molar-refractivity contribution in [3.05, 3.63) is 38.4 Å². The van der Waals surface area contributed by atoms with E-state index in [1.165, 1.54) is 12.1 Å². The van der Waals surface area contributed by atoms with Gasteiger partial charge in [0.1, 0.15) is 12.0 Å². The Hall–Kier alpha value is -3.37. The van der Waals surface area contributed by atoms with E-state index in [1.807, 2.05) is 6.92 Å². The number of non-ortho nitro benzene ring substituents is 1. The van der Waals surface area contributed by atoms with Crippen molar-refractivity contribution in [2.45, 2.75) is 106 Å². The van der Waals surface area contributed by atoms with Crippen LogP contribution in [0.5, 0.6) is 0 Å². The number of benzene rings is 1. The van der Waals surface area contributed by atoms with Crippen LogP contribution in [0.3, 0.4) is 0 Å². The third-order valence-corrected chi connectivity index (χ3v) is 15.3. The third kappa shape index (κ3) is 4.60. The lowest BCUT2D eigenvalue weighted by molar-refractivity contribution is -0.393. The zero-order valence-electron chi connectivity index (χ0n) is 28.6. The minimum atomic E-state index is -0.722. The minimum Gasteiger partial charge on any atom is -0.481 e. The van der Waals surface area contributed by atoms with Gasteiger partial charge in [0.05, 0.1) is 21.3 Å². The SMILES string of the molecule is C[C@@H](C=O)[C@@H]1CC[C@]2(C(=O)O)CC[C@]3(C)[C@H](CC[C@@H]4[C@@]5(C)CC/C(=N\Nc6ccc([N+](=O)[O-])cc6[N+](=O)[O-])C(C)(C)[C@@H]5CC[C@]43C)[C@@H]12. The molecule has 0 unspecified atom stereocenters. The number of nitrogens with zero attached hydrogens (tertiary/aromatic N) is 3. The molecule has 0 spiro atoms. The summed E-state index contributed by atoms with van der Waals surface area (Å²) in [5.41, 5.74) is 2.31. The molecular weight excluding hydrogens is 600 g/mol. The zero-order valence-corrected chi connectivity index (χ0v) is 28.6. The Balaban J connectivity index is 1.30. The summed E-state index contributed by atoms with van der Waals surface area (Å²) >= 11 is 0. The van der Waals surface area contributed by atoms with Gasteiger partial charge in [0.2, 0.25) is 0 Å². The maximum Gasteiger partial charge on any atom is 0.309 e. The van der Waals surface area contributed by atoms with Crippen LogP contribution in [0.1, 0.15) is 106 Å². The van der Waals surface area contributed by atoms with Crippen LogP contribution in [0, 0.1) is 82.8 Å². The Bertz CT molecular complexity index is 1540. The van der Waals surface area contributed by atoms with Crippen LogP contribution in [0.2, 0.25) is 0 Å². The van der Waals surface area contributed by atoms with E-state index in [2.05, 4.69) is 40.0 Å². The van der Waals surface area contributed by atoms with Gasteiger partial charge >= 0.3 is 11.7 Å². The fourth-order valence-electron chi connectivity index (χ4n) is 12.7. The molecule has 1 aromatic carbocycles. The van der Waals surface area contributed by atoms with Gasteiger partial charge in [-0.15, -0.1) is 0 Å². The largest absolute Gasteiger partial charge is 0.481 e. The molecule has 2 N–H and O–H groups in total. The van der Waals surface area contributed by atoms with Crippen LogP contribution in [0.15, 0.2) is 23.3 Å². The molecule has 11 heteroatoms. The fraction of sp³-hybridized carbons (Fsp3) is 0.750. The van der Waals surface area contributed by atoms with E-state index in [0.717, 1.165) is 69.4 Å². The predicted octanol–water partition coefficient (Wildman–Crippen LogP) is 8.27. The molecule has 0 heterocycles. The van der Waals surface area contributed by atoms with Crippen LogP contribution in [0.4, 0.5) is 17.1 Å². The fourth-order valence-corrected chi connectivity index (χ4v) is 12.7. The van der Waals surface area contributed by atoms with Crippen LogP contribution >= 0.6 is 0 Å². The van der Waals surface area contributed by atoms with Crippen molar-refractivity contribution in [2.24, 2.45) is 67.7 Å². The number of fused-ring (bicyclic) bond motifs is 7. The van der Waals surface area contributed by atoms with Crippen molar-refractivity contribution < 1.29 is 24.5 Å². The van der Waals surface area contributed by atoms with E-state index in [1.54, 1.807) is 0 Å². The molecular formula is C36H50N4O7. The summed E-state index contributed by atoms with van der Waals surface area (Å²) in [5.74, 6) is 0.414. The van der Waals surface area contributed by atoms with Crippen LogP contribution in [-0.4, -0.2) is 32.9 Å². The molecule has 0 bridgehead atoms. The number of hydrazone groups is 1. The number of nitro groups is 2. The molecule has 0 saturated heterocycles. The number of anilines is 1. The number of carboxylic acid groups (broad SMARTS) is 1. The molecule has 10 atom stereocenters. The Morgan fingerprint density at radius 2 is 1.68 bits per heavy atom. The topological polar surface area (TPSA) is 165 Å². The molecule has 0 aromatic heterocycles. The van der Waals surface area contributed by atoms with E-state index >= 15 is 0 Å². The second-order valence-corrected chi connectivity index (χ2v) is 17.0. The number of carboxylic acids is 1. The van der Waals surface area contributed by atoms with Gasteiger partial charge in [-0.25, -0.2) is 0 Å². The van der Waals surface area contributed by atoms with Gasteiger partial charge in [0, 0.05) is 23.1 Å². The Morgan fingerprint density at radius 3 is 2.32 bits per heavy atom. The van der Waals surface area contributed by atoms with E-state index in [0.29, 0.717) is 24.7 Å². The van der Waals surface area contributed by atoms with E-state index in [9.17, 15) is 34.9 Å². The van der Waals surface area contributed by atoms with E-state index < -0.39 is 21.2 Å². The second-order valence-electron chi connectivity index (χ2n) is 17.0. The molecule has 5 saturated carbocycles. The molecule has 6 rings (SSSR count). The van der Waals surface area contributed by atoms with Gasteiger partial charge in [-0.1, -0.05) is 41.5 Å². The molecule has 11 nitrogen and oxygen atoms in total. The quantitative estimate of drug-likeness (QED) is 0.169. The number of aliphatic carboxylic acids is 1. The number of nitrogens with one attached hydrogen (secondary N) is 1. The highest BCUT2D eigenvalue weighted by molar-refractivity contribution is 5.91. The highest BCUT2D eigenvalue weighted by Gasteiger charge is 2.72.